The van der Waals surface area contributed by atoms with E-state index in [1.54, 1.807) is 6.07 Å². The lowest BCUT2D eigenvalue weighted by atomic mass is 9.95. The lowest BCUT2D eigenvalue weighted by molar-refractivity contribution is 0.148. The highest BCUT2D eigenvalue weighted by molar-refractivity contribution is 9.10. The Labute approximate surface area is 108 Å². The van der Waals surface area contributed by atoms with Crippen LogP contribution in [0.2, 0.25) is 0 Å². The Balaban J connectivity index is 2.65. The Kier molecular flexibility index (Phi) is 3.31. The second kappa shape index (κ2) is 4.50. The van der Waals surface area contributed by atoms with Crippen LogP contribution in [0.15, 0.2) is 47.8 Å². The molecule has 0 bridgehead atoms. The average molecular weight is 325 g/mol. The second-order valence-electron chi connectivity index (χ2n) is 3.70. The van der Waals surface area contributed by atoms with Gasteiger partial charge in [0.15, 0.2) is 11.7 Å². The maximum absolute atomic E-state index is 13.6. The van der Waals surface area contributed by atoms with Gasteiger partial charge in [-0.3, -0.25) is 0 Å². The van der Waals surface area contributed by atoms with Crippen molar-refractivity contribution in [3.63, 3.8) is 0 Å². The van der Waals surface area contributed by atoms with Gasteiger partial charge in [-0.2, -0.15) is 0 Å². The van der Waals surface area contributed by atoms with Crippen LogP contribution in [0.5, 0.6) is 0 Å². The second-order valence-corrected chi connectivity index (χ2v) is 4.86. The highest BCUT2D eigenvalue weighted by Gasteiger charge is 2.52. The Morgan fingerprint density at radius 2 is 1.61 bits per heavy atom. The molecule has 1 aromatic carbocycles. The number of allylic oxidation sites excluding steroid dienone is 4. The summed E-state index contributed by atoms with van der Waals surface area (Å²) in [7, 11) is 0. The predicted molar refractivity (Wildman–Crippen MR) is 61.4 cm³/mol. The SMILES string of the molecule is FC1=C(F)C(F)(Br)C(F)C(F)=C1c1ccccc1. The number of hydrogen-bond acceptors (Lipinski definition) is 0. The Bertz CT molecular complexity index is 533. The summed E-state index contributed by atoms with van der Waals surface area (Å²) >= 11 is 2.02. The molecule has 0 aliphatic heterocycles. The van der Waals surface area contributed by atoms with Gasteiger partial charge in [-0.1, -0.05) is 30.3 Å². The largest absolute Gasteiger partial charge is 0.256 e. The van der Waals surface area contributed by atoms with E-state index in [1.165, 1.54) is 24.3 Å². The molecule has 6 heteroatoms. The quantitative estimate of drug-likeness (QED) is 0.507. The fourth-order valence-electron chi connectivity index (χ4n) is 1.63. The van der Waals surface area contributed by atoms with Gasteiger partial charge < -0.3 is 0 Å². The van der Waals surface area contributed by atoms with Crippen molar-refractivity contribution in [2.75, 3.05) is 0 Å². The molecule has 0 N–H and O–H groups in total. The molecular formula is C12H6BrF5. The van der Waals surface area contributed by atoms with Crippen molar-refractivity contribution >= 4 is 21.5 Å². The number of alkyl halides is 3. The van der Waals surface area contributed by atoms with Gasteiger partial charge in [0.1, 0.15) is 5.83 Å². The minimum Gasteiger partial charge on any atom is -0.235 e. The third-order valence-corrected chi connectivity index (χ3v) is 3.30. The first-order valence-corrected chi connectivity index (χ1v) is 5.69. The molecule has 0 radical (unpaired) electrons. The van der Waals surface area contributed by atoms with Crippen molar-refractivity contribution in [2.45, 2.75) is 10.7 Å². The zero-order valence-corrected chi connectivity index (χ0v) is 10.3. The lowest BCUT2D eigenvalue weighted by Gasteiger charge is -2.26. The molecule has 0 spiro atoms. The van der Waals surface area contributed by atoms with Crippen molar-refractivity contribution in [3.05, 3.63) is 53.4 Å². The van der Waals surface area contributed by atoms with E-state index in [0.717, 1.165) is 0 Å². The maximum atomic E-state index is 13.6. The van der Waals surface area contributed by atoms with Crippen molar-refractivity contribution in [3.8, 4) is 0 Å². The summed E-state index contributed by atoms with van der Waals surface area (Å²) in [5, 5.41) is 0. The summed E-state index contributed by atoms with van der Waals surface area (Å²) in [6, 6.07) is 7.00. The van der Waals surface area contributed by atoms with Crippen LogP contribution in [0.1, 0.15) is 5.56 Å². The smallest absolute Gasteiger partial charge is 0.235 e. The van der Waals surface area contributed by atoms with Crippen LogP contribution >= 0.6 is 15.9 Å². The zero-order valence-electron chi connectivity index (χ0n) is 8.73. The number of benzene rings is 1. The first-order valence-electron chi connectivity index (χ1n) is 4.90. The normalized spacial score (nSPS) is 28.9. The van der Waals surface area contributed by atoms with E-state index in [0.29, 0.717) is 0 Å². The minimum absolute atomic E-state index is 0.0618. The molecule has 0 aromatic heterocycles. The molecule has 2 unspecified atom stereocenters. The third-order valence-electron chi connectivity index (χ3n) is 2.55. The van der Waals surface area contributed by atoms with E-state index in [-0.39, 0.29) is 5.56 Å². The fraction of sp³-hybridized carbons (Fsp3) is 0.167. The van der Waals surface area contributed by atoms with Crippen molar-refractivity contribution < 1.29 is 22.0 Å². The number of halogens is 6. The Morgan fingerprint density at radius 3 is 2.17 bits per heavy atom. The molecular weight excluding hydrogens is 319 g/mol. The van der Waals surface area contributed by atoms with E-state index >= 15 is 0 Å². The molecule has 0 saturated carbocycles. The van der Waals surface area contributed by atoms with E-state index in [9.17, 15) is 22.0 Å². The average Bonchev–Trinajstić information content (AvgIpc) is 2.36. The number of hydrogen-bond donors (Lipinski definition) is 0. The van der Waals surface area contributed by atoms with Gasteiger partial charge in [-0.25, -0.2) is 22.0 Å². The molecule has 1 aliphatic rings. The molecule has 1 aliphatic carbocycles. The van der Waals surface area contributed by atoms with Gasteiger partial charge in [0.05, 0.1) is 5.57 Å². The van der Waals surface area contributed by atoms with Crippen molar-refractivity contribution in [1.82, 2.24) is 0 Å². The highest BCUT2D eigenvalue weighted by Crippen LogP contribution is 2.49. The zero-order chi connectivity index (χ0) is 13.5. The molecule has 0 saturated heterocycles. The van der Waals surface area contributed by atoms with Crippen LogP contribution in [0.3, 0.4) is 0 Å². The van der Waals surface area contributed by atoms with Gasteiger partial charge in [0.2, 0.25) is 6.17 Å². The van der Waals surface area contributed by atoms with Crippen molar-refractivity contribution in [2.24, 2.45) is 0 Å². The van der Waals surface area contributed by atoms with Gasteiger partial charge >= 0.3 is 0 Å². The van der Waals surface area contributed by atoms with Crippen LogP contribution in [0.25, 0.3) is 5.57 Å². The van der Waals surface area contributed by atoms with Crippen molar-refractivity contribution in [1.29, 1.82) is 0 Å². The van der Waals surface area contributed by atoms with Crippen LogP contribution in [-0.4, -0.2) is 10.7 Å². The topological polar surface area (TPSA) is 0 Å². The molecule has 0 fully saturated rings. The highest BCUT2D eigenvalue weighted by atomic mass is 79.9. The van der Waals surface area contributed by atoms with E-state index in [2.05, 4.69) is 0 Å². The van der Waals surface area contributed by atoms with Crippen LogP contribution < -0.4 is 0 Å². The summed E-state index contributed by atoms with van der Waals surface area (Å²) < 4.78 is 64.0. The van der Waals surface area contributed by atoms with E-state index in [4.69, 9.17) is 0 Å². The van der Waals surface area contributed by atoms with Gasteiger partial charge in [0, 0.05) is 0 Å². The predicted octanol–water partition coefficient (Wildman–Crippen LogP) is 4.93. The fourth-order valence-corrected chi connectivity index (χ4v) is 2.00. The Hall–Kier alpha value is -1.17. The first kappa shape index (κ1) is 13.3. The molecule has 1 aromatic rings. The molecule has 18 heavy (non-hydrogen) atoms. The summed E-state index contributed by atoms with van der Waals surface area (Å²) in [4.78, 5) is 0. The summed E-state index contributed by atoms with van der Waals surface area (Å²) in [5.41, 5.74) is -0.957. The van der Waals surface area contributed by atoms with Crippen LogP contribution in [0.4, 0.5) is 22.0 Å². The molecule has 2 atom stereocenters. The van der Waals surface area contributed by atoms with Gasteiger partial charge in [-0.15, -0.1) is 0 Å². The van der Waals surface area contributed by atoms with E-state index in [1.807, 2.05) is 15.9 Å². The van der Waals surface area contributed by atoms with Crippen LogP contribution in [0, 0.1) is 0 Å². The molecule has 0 nitrogen and oxygen atoms in total. The summed E-state index contributed by atoms with van der Waals surface area (Å²) in [6.07, 6.45) is -2.94. The molecule has 0 amide bonds. The van der Waals surface area contributed by atoms with Gasteiger partial charge in [0.25, 0.3) is 4.58 Å². The Morgan fingerprint density at radius 1 is 1.06 bits per heavy atom. The van der Waals surface area contributed by atoms with Crippen LogP contribution in [-0.2, 0) is 0 Å². The standard InChI is InChI=1S/C12H6BrF5/c13-12(18)10(16)8(14)7(9(15)11(12)17)6-4-2-1-3-5-6/h1-5,10H. The third kappa shape index (κ3) is 1.88. The minimum atomic E-state index is -3.50. The monoisotopic (exact) mass is 324 g/mol. The first-order chi connectivity index (χ1) is 8.37. The van der Waals surface area contributed by atoms with E-state index < -0.39 is 33.8 Å². The number of rotatable bonds is 1. The maximum Gasteiger partial charge on any atom is 0.256 e. The lowest BCUT2D eigenvalue weighted by Crippen LogP contribution is -2.33. The molecule has 0 heterocycles. The summed E-state index contributed by atoms with van der Waals surface area (Å²) in [6.45, 7) is 0. The van der Waals surface area contributed by atoms with Gasteiger partial charge in [-0.05, 0) is 21.5 Å². The molecule has 2 rings (SSSR count). The molecule has 96 valence electrons. The summed E-state index contributed by atoms with van der Waals surface area (Å²) in [5.74, 6) is -5.43.